The average molecular weight is 238 g/mol. The molecule has 0 saturated carbocycles. The highest BCUT2D eigenvalue weighted by Gasteiger charge is 2.01. The number of aryl methyl sites for hydroxylation is 1. The lowest BCUT2D eigenvalue weighted by molar-refractivity contribution is 0.489. The number of halogens is 1. The number of benzene rings is 1. The zero-order chi connectivity index (χ0) is 12.7. The molecule has 0 radical (unpaired) electrons. The monoisotopic (exact) mass is 238 g/mol. The first-order chi connectivity index (χ1) is 8.13. The fourth-order valence-corrected chi connectivity index (χ4v) is 1.83. The van der Waals surface area contributed by atoms with Gasteiger partial charge in [-0.2, -0.15) is 0 Å². The van der Waals surface area contributed by atoms with Crippen molar-refractivity contribution in [2.75, 3.05) is 19.6 Å². The fourth-order valence-electron chi connectivity index (χ4n) is 1.83. The van der Waals surface area contributed by atoms with Crippen LogP contribution in [0.1, 0.15) is 24.5 Å². The molecule has 0 saturated heterocycles. The van der Waals surface area contributed by atoms with Gasteiger partial charge in [0, 0.05) is 0 Å². The maximum atomic E-state index is 13.1. The minimum Gasteiger partial charge on any atom is -0.330 e. The van der Waals surface area contributed by atoms with Crippen molar-refractivity contribution in [1.82, 2.24) is 5.32 Å². The van der Waals surface area contributed by atoms with E-state index in [1.165, 1.54) is 5.56 Å². The van der Waals surface area contributed by atoms with Crippen molar-refractivity contribution in [2.24, 2.45) is 11.7 Å². The molecule has 1 rings (SSSR count). The van der Waals surface area contributed by atoms with Crippen LogP contribution in [0, 0.1) is 18.7 Å². The summed E-state index contributed by atoms with van der Waals surface area (Å²) in [7, 11) is 0. The van der Waals surface area contributed by atoms with Crippen molar-refractivity contribution < 1.29 is 4.39 Å². The first kappa shape index (κ1) is 14.1. The van der Waals surface area contributed by atoms with Crippen LogP contribution >= 0.6 is 0 Å². The molecule has 0 aliphatic carbocycles. The Hall–Kier alpha value is -0.930. The molecule has 0 fully saturated rings. The zero-order valence-corrected chi connectivity index (χ0v) is 10.8. The van der Waals surface area contributed by atoms with Gasteiger partial charge in [0.2, 0.25) is 0 Å². The van der Waals surface area contributed by atoms with Crippen LogP contribution in [0.25, 0.3) is 0 Å². The molecule has 0 heterocycles. The third-order valence-electron chi connectivity index (χ3n) is 2.97. The Kier molecular flexibility index (Phi) is 6.16. The second-order valence-corrected chi connectivity index (χ2v) is 4.72. The lowest BCUT2D eigenvalue weighted by Crippen LogP contribution is -2.24. The summed E-state index contributed by atoms with van der Waals surface area (Å²) in [6.07, 6.45) is 2.00. The highest BCUT2D eigenvalue weighted by molar-refractivity contribution is 5.24. The van der Waals surface area contributed by atoms with Crippen LogP contribution in [0.4, 0.5) is 4.39 Å². The Balaban J connectivity index is 2.24. The van der Waals surface area contributed by atoms with Gasteiger partial charge in [-0.1, -0.05) is 19.1 Å². The van der Waals surface area contributed by atoms with Crippen LogP contribution in [0.3, 0.4) is 0 Å². The fraction of sp³-hybridized carbons (Fsp3) is 0.571. The standard InChI is InChI=1S/C14H23FN2/c1-11(5-7-16)10-17-8-6-13-3-4-14(15)12(2)9-13/h3-4,9,11,17H,5-8,10,16H2,1-2H3. The molecule has 96 valence electrons. The Labute approximate surface area is 103 Å². The van der Waals surface area contributed by atoms with E-state index in [1.807, 2.05) is 12.1 Å². The highest BCUT2D eigenvalue weighted by atomic mass is 19.1. The maximum absolute atomic E-state index is 13.1. The van der Waals surface area contributed by atoms with Crippen molar-refractivity contribution in [2.45, 2.75) is 26.7 Å². The Morgan fingerprint density at radius 2 is 2.18 bits per heavy atom. The van der Waals surface area contributed by atoms with Gasteiger partial charge in [0.15, 0.2) is 0 Å². The van der Waals surface area contributed by atoms with E-state index in [4.69, 9.17) is 5.73 Å². The third-order valence-corrected chi connectivity index (χ3v) is 2.97. The van der Waals surface area contributed by atoms with Gasteiger partial charge in [0.05, 0.1) is 0 Å². The summed E-state index contributed by atoms with van der Waals surface area (Å²) >= 11 is 0. The molecule has 0 aliphatic rings. The Morgan fingerprint density at radius 1 is 1.41 bits per heavy atom. The van der Waals surface area contributed by atoms with Gasteiger partial charge in [-0.3, -0.25) is 0 Å². The predicted octanol–water partition coefficient (Wildman–Crippen LogP) is 2.25. The lowest BCUT2D eigenvalue weighted by Gasteiger charge is -2.11. The Bertz CT molecular complexity index is 339. The van der Waals surface area contributed by atoms with E-state index in [0.717, 1.165) is 38.0 Å². The first-order valence-electron chi connectivity index (χ1n) is 6.29. The summed E-state index contributed by atoms with van der Waals surface area (Å²) in [5, 5.41) is 3.40. The number of hydrogen-bond donors (Lipinski definition) is 2. The van der Waals surface area contributed by atoms with E-state index in [-0.39, 0.29) is 5.82 Å². The van der Waals surface area contributed by atoms with Crippen molar-refractivity contribution in [3.05, 3.63) is 35.1 Å². The maximum Gasteiger partial charge on any atom is 0.126 e. The smallest absolute Gasteiger partial charge is 0.126 e. The number of nitrogens with two attached hydrogens (primary N) is 1. The zero-order valence-electron chi connectivity index (χ0n) is 10.8. The Morgan fingerprint density at radius 3 is 2.82 bits per heavy atom. The van der Waals surface area contributed by atoms with E-state index in [1.54, 1.807) is 13.0 Å². The van der Waals surface area contributed by atoms with Gasteiger partial charge < -0.3 is 11.1 Å². The summed E-state index contributed by atoms with van der Waals surface area (Å²) in [6.45, 7) is 6.68. The topological polar surface area (TPSA) is 38.0 Å². The van der Waals surface area contributed by atoms with Crippen LogP contribution in [0.2, 0.25) is 0 Å². The van der Waals surface area contributed by atoms with Crippen LogP contribution in [0.5, 0.6) is 0 Å². The second kappa shape index (κ2) is 7.41. The summed E-state index contributed by atoms with van der Waals surface area (Å²) in [6, 6.07) is 5.31. The molecule has 1 aromatic carbocycles. The summed E-state index contributed by atoms with van der Waals surface area (Å²) in [5.74, 6) is 0.494. The van der Waals surface area contributed by atoms with E-state index >= 15 is 0 Å². The normalized spacial score (nSPS) is 12.7. The molecule has 1 unspecified atom stereocenters. The molecule has 0 spiro atoms. The van der Waals surface area contributed by atoms with Crippen molar-refractivity contribution in [3.8, 4) is 0 Å². The van der Waals surface area contributed by atoms with Gasteiger partial charge >= 0.3 is 0 Å². The number of rotatable bonds is 7. The number of nitrogens with one attached hydrogen (secondary N) is 1. The molecule has 3 heteroatoms. The van der Waals surface area contributed by atoms with E-state index in [0.29, 0.717) is 5.92 Å². The highest BCUT2D eigenvalue weighted by Crippen LogP contribution is 2.09. The third kappa shape index (κ3) is 5.29. The SMILES string of the molecule is Cc1cc(CCNCC(C)CCN)ccc1F. The van der Waals surface area contributed by atoms with Crippen LogP contribution in [-0.4, -0.2) is 19.6 Å². The van der Waals surface area contributed by atoms with Gasteiger partial charge in [-0.05, 0) is 62.5 Å². The second-order valence-electron chi connectivity index (χ2n) is 4.72. The van der Waals surface area contributed by atoms with E-state index in [9.17, 15) is 4.39 Å². The minimum atomic E-state index is -0.127. The first-order valence-corrected chi connectivity index (χ1v) is 6.29. The molecule has 0 aliphatic heterocycles. The van der Waals surface area contributed by atoms with Crippen LogP contribution < -0.4 is 11.1 Å². The molecule has 2 nitrogen and oxygen atoms in total. The van der Waals surface area contributed by atoms with Gasteiger partial charge in [0.25, 0.3) is 0 Å². The number of hydrogen-bond acceptors (Lipinski definition) is 2. The van der Waals surface area contributed by atoms with Crippen molar-refractivity contribution in [1.29, 1.82) is 0 Å². The molecule has 0 bridgehead atoms. The molecule has 0 aromatic heterocycles. The quantitative estimate of drug-likeness (QED) is 0.715. The van der Waals surface area contributed by atoms with Gasteiger partial charge in [-0.15, -0.1) is 0 Å². The molecular weight excluding hydrogens is 215 g/mol. The molecule has 1 atom stereocenters. The van der Waals surface area contributed by atoms with Gasteiger partial charge in [0.1, 0.15) is 5.82 Å². The summed E-state index contributed by atoms with van der Waals surface area (Å²) in [5.41, 5.74) is 7.40. The molecular formula is C14H23FN2. The summed E-state index contributed by atoms with van der Waals surface area (Å²) in [4.78, 5) is 0. The molecule has 0 amide bonds. The molecule has 17 heavy (non-hydrogen) atoms. The predicted molar refractivity (Wildman–Crippen MR) is 70.5 cm³/mol. The summed E-state index contributed by atoms with van der Waals surface area (Å²) < 4.78 is 13.1. The molecule has 3 N–H and O–H groups in total. The van der Waals surface area contributed by atoms with Crippen LogP contribution in [0.15, 0.2) is 18.2 Å². The minimum absolute atomic E-state index is 0.127. The van der Waals surface area contributed by atoms with Crippen molar-refractivity contribution >= 4 is 0 Å². The largest absolute Gasteiger partial charge is 0.330 e. The van der Waals surface area contributed by atoms with Gasteiger partial charge in [-0.25, -0.2) is 4.39 Å². The average Bonchev–Trinajstić information content (AvgIpc) is 2.29. The van der Waals surface area contributed by atoms with Crippen molar-refractivity contribution in [3.63, 3.8) is 0 Å². The lowest BCUT2D eigenvalue weighted by atomic mass is 10.1. The van der Waals surface area contributed by atoms with Crippen LogP contribution in [-0.2, 0) is 6.42 Å². The van der Waals surface area contributed by atoms with E-state index < -0.39 is 0 Å². The molecule has 1 aromatic rings. The van der Waals surface area contributed by atoms with E-state index in [2.05, 4.69) is 12.2 Å².